The molecule has 0 aliphatic heterocycles. The predicted octanol–water partition coefficient (Wildman–Crippen LogP) is 3.35. The number of imidazole rings is 1. The smallest absolute Gasteiger partial charge is 0.244 e. The number of rotatable bonds is 6. The number of nitrogens with zero attached hydrogens (tertiary/aromatic N) is 4. The van der Waals surface area contributed by atoms with E-state index in [4.69, 9.17) is 15.5 Å². The van der Waals surface area contributed by atoms with Crippen molar-refractivity contribution in [2.45, 2.75) is 65.0 Å². The van der Waals surface area contributed by atoms with E-state index in [2.05, 4.69) is 73.1 Å². The lowest BCUT2D eigenvalue weighted by Crippen LogP contribution is -2.51. The molecule has 2 aromatic heterocycles. The van der Waals surface area contributed by atoms with E-state index in [1.165, 1.54) is 0 Å². The van der Waals surface area contributed by atoms with Crippen molar-refractivity contribution in [3.05, 3.63) is 0 Å². The van der Waals surface area contributed by atoms with Crippen LogP contribution in [0.25, 0.3) is 11.2 Å². The average molecular weight is 396 g/mol. The van der Waals surface area contributed by atoms with Crippen LogP contribution in [0.3, 0.4) is 0 Å². The van der Waals surface area contributed by atoms with Gasteiger partial charge in [-0.15, -0.1) is 0 Å². The Kier molecular flexibility index (Phi) is 5.24. The molecule has 0 fully saturated rings. The van der Waals surface area contributed by atoms with Gasteiger partial charge in [-0.05, 0) is 6.04 Å². The van der Waals surface area contributed by atoms with Crippen molar-refractivity contribution in [2.24, 2.45) is 0 Å². The van der Waals surface area contributed by atoms with Crippen molar-refractivity contribution >= 4 is 46.9 Å². The lowest BCUT2D eigenvalue weighted by molar-refractivity contribution is 0.328. The summed E-state index contributed by atoms with van der Waals surface area (Å²) in [7, 11) is -4.54. The molecule has 0 unspecified atom stereocenters. The van der Waals surface area contributed by atoms with Gasteiger partial charge >= 0.3 is 0 Å². The normalized spacial score (nSPS) is 13.5. The Balaban J connectivity index is 2.64. The van der Waals surface area contributed by atoms with E-state index in [0.29, 0.717) is 18.1 Å². The van der Waals surface area contributed by atoms with Crippen molar-refractivity contribution in [3.8, 4) is 5.88 Å². The topological polar surface area (TPSA) is 78.8 Å². The Morgan fingerprint density at radius 2 is 1.52 bits per heavy atom. The fourth-order valence-electron chi connectivity index (χ4n) is 2.68. The van der Waals surface area contributed by atoms with E-state index in [9.17, 15) is 0 Å². The van der Waals surface area contributed by atoms with Crippen LogP contribution in [0.2, 0.25) is 65.0 Å². The Labute approximate surface area is 154 Å². The highest BCUT2D eigenvalue weighted by Crippen LogP contribution is 2.27. The second-order valence-corrected chi connectivity index (χ2v) is 25.3. The molecule has 9 heteroatoms. The van der Waals surface area contributed by atoms with Crippen LogP contribution >= 0.6 is 0 Å². The molecular formula is C16H33N5OSi3. The van der Waals surface area contributed by atoms with Gasteiger partial charge in [-0.25, -0.2) is 4.98 Å². The van der Waals surface area contributed by atoms with E-state index in [0.717, 1.165) is 17.0 Å². The van der Waals surface area contributed by atoms with Gasteiger partial charge in [0.05, 0.1) is 12.1 Å². The Hall–Kier alpha value is -1.20. The van der Waals surface area contributed by atoms with Crippen LogP contribution < -0.4 is 15.9 Å². The molecule has 25 heavy (non-hydrogen) atoms. The third kappa shape index (κ3) is 4.70. The lowest BCUT2D eigenvalue weighted by Gasteiger charge is -2.27. The summed E-state index contributed by atoms with van der Waals surface area (Å²) in [5, 5.41) is 0. The molecule has 0 amide bonds. The van der Waals surface area contributed by atoms with Crippen LogP contribution in [-0.4, -0.2) is 50.2 Å². The Morgan fingerprint density at radius 3 is 2.00 bits per heavy atom. The van der Waals surface area contributed by atoms with Crippen molar-refractivity contribution in [2.75, 3.05) is 12.3 Å². The van der Waals surface area contributed by atoms with Crippen LogP contribution in [0.5, 0.6) is 5.88 Å². The Bertz CT molecular complexity index is 769. The second kappa shape index (κ2) is 6.51. The maximum atomic E-state index is 6.12. The number of aromatic nitrogens is 4. The van der Waals surface area contributed by atoms with Crippen molar-refractivity contribution < 1.29 is 4.74 Å². The van der Waals surface area contributed by atoms with Crippen molar-refractivity contribution in [1.29, 1.82) is 0 Å². The van der Waals surface area contributed by atoms with E-state index in [1.54, 1.807) is 0 Å². The molecule has 0 aromatic carbocycles. The largest absolute Gasteiger partial charge is 0.476 e. The highest BCUT2D eigenvalue weighted by molar-refractivity contribution is 6.90. The molecule has 0 bridgehead atoms. The van der Waals surface area contributed by atoms with Crippen LogP contribution in [-0.2, 0) is 0 Å². The third-order valence-corrected chi connectivity index (χ3v) is 9.31. The zero-order chi connectivity index (χ0) is 19.2. The molecule has 2 rings (SSSR count). The molecule has 0 saturated carbocycles. The monoisotopic (exact) mass is 395 g/mol. The molecular weight excluding hydrogens is 362 g/mol. The molecule has 0 aliphatic carbocycles. The van der Waals surface area contributed by atoms with Gasteiger partial charge in [0.25, 0.3) is 0 Å². The van der Waals surface area contributed by atoms with Gasteiger partial charge in [0, 0.05) is 8.07 Å². The quantitative estimate of drug-likeness (QED) is 0.759. The van der Waals surface area contributed by atoms with Gasteiger partial charge in [-0.1, -0.05) is 58.9 Å². The van der Waals surface area contributed by atoms with Crippen LogP contribution in [0.1, 0.15) is 0 Å². The molecule has 140 valence electrons. The molecule has 2 heterocycles. The first-order valence-electron chi connectivity index (χ1n) is 8.90. The second-order valence-electron chi connectivity index (χ2n) is 9.91. The average Bonchev–Trinajstić information content (AvgIpc) is 2.75. The lowest BCUT2D eigenvalue weighted by atomic mass is 10.5. The SMILES string of the molecule is C[Si](C)(C)CCOc1nc(N)nc2nc([Si](C)(C)C)n([Si](C)(C)C)c12. The first-order valence-corrected chi connectivity index (χ1v) is 19.6. The fraction of sp³-hybridized carbons (Fsp3) is 0.688. The highest BCUT2D eigenvalue weighted by atomic mass is 28.3. The number of nitrogen functional groups attached to an aromatic ring is 1. The fourth-order valence-corrected chi connectivity index (χ4v) is 8.18. The maximum Gasteiger partial charge on any atom is 0.244 e. The zero-order valence-electron chi connectivity index (χ0n) is 17.2. The molecule has 0 radical (unpaired) electrons. The molecule has 0 saturated heterocycles. The van der Waals surface area contributed by atoms with E-state index < -0.39 is 24.4 Å². The highest BCUT2D eigenvalue weighted by Gasteiger charge is 2.33. The van der Waals surface area contributed by atoms with Crippen LogP contribution in [0.4, 0.5) is 5.95 Å². The van der Waals surface area contributed by atoms with Gasteiger partial charge < -0.3 is 14.7 Å². The number of hydrogen-bond donors (Lipinski definition) is 1. The number of nitrogens with two attached hydrogens (primary N) is 1. The van der Waals surface area contributed by atoms with Gasteiger partial charge in [-0.3, -0.25) is 0 Å². The number of fused-ring (bicyclic) bond motifs is 1. The van der Waals surface area contributed by atoms with E-state index in [1.807, 2.05) is 0 Å². The van der Waals surface area contributed by atoms with Gasteiger partial charge in [0.2, 0.25) is 11.8 Å². The molecule has 2 aromatic rings. The van der Waals surface area contributed by atoms with Crippen molar-refractivity contribution in [3.63, 3.8) is 0 Å². The van der Waals surface area contributed by atoms with Gasteiger partial charge in [-0.2, -0.15) is 9.97 Å². The minimum atomic E-state index is -1.73. The first-order chi connectivity index (χ1) is 11.2. The summed E-state index contributed by atoms with van der Waals surface area (Å²) < 4.78 is 8.52. The molecule has 0 atom stereocenters. The van der Waals surface area contributed by atoms with E-state index >= 15 is 0 Å². The summed E-state index contributed by atoms with van der Waals surface area (Å²) in [5.41, 5.74) is 8.71. The third-order valence-electron chi connectivity index (χ3n) is 3.93. The van der Waals surface area contributed by atoms with Gasteiger partial charge in [0.15, 0.2) is 13.9 Å². The predicted molar refractivity (Wildman–Crippen MR) is 115 cm³/mol. The maximum absolute atomic E-state index is 6.12. The number of hydrogen-bond acceptors (Lipinski definition) is 5. The van der Waals surface area contributed by atoms with E-state index in [-0.39, 0.29) is 5.95 Å². The van der Waals surface area contributed by atoms with Crippen molar-refractivity contribution in [1.82, 2.24) is 19.2 Å². The Morgan fingerprint density at radius 1 is 0.920 bits per heavy atom. The van der Waals surface area contributed by atoms with Crippen LogP contribution in [0, 0.1) is 0 Å². The van der Waals surface area contributed by atoms with Crippen LogP contribution in [0.15, 0.2) is 0 Å². The summed E-state index contributed by atoms with van der Waals surface area (Å²) >= 11 is 0. The molecule has 0 spiro atoms. The summed E-state index contributed by atoms with van der Waals surface area (Å²) in [4.78, 5) is 13.7. The minimum Gasteiger partial charge on any atom is -0.476 e. The number of ether oxygens (including phenoxy) is 1. The van der Waals surface area contributed by atoms with Gasteiger partial charge in [0.1, 0.15) is 13.6 Å². The molecule has 2 N–H and O–H groups in total. The number of anilines is 1. The summed E-state index contributed by atoms with van der Waals surface area (Å²) in [6, 6.07) is 1.08. The molecule has 6 nitrogen and oxygen atoms in total. The summed E-state index contributed by atoms with van der Waals surface area (Å²) in [6.07, 6.45) is 0. The standard InChI is InChI=1S/C16H33N5OSi3/c1-23(2,3)11-10-22-14-12-13(18-15(17)20-14)19-16(24(4,5)6)21(12)25(7,8)9/h10-11H2,1-9H3,(H2,17,18,20). The zero-order valence-corrected chi connectivity index (χ0v) is 20.2. The minimum absolute atomic E-state index is 0.234. The molecule has 0 aliphatic rings. The first kappa shape index (κ1) is 20.1. The summed E-state index contributed by atoms with van der Waals surface area (Å²) in [5.74, 6) is 0.832. The summed E-state index contributed by atoms with van der Waals surface area (Å²) in [6.45, 7) is 21.6.